The lowest BCUT2D eigenvalue weighted by Gasteiger charge is -2.33. The predicted molar refractivity (Wildman–Crippen MR) is 73.4 cm³/mol. The Morgan fingerprint density at radius 2 is 2.11 bits per heavy atom. The first kappa shape index (κ1) is 12.1. The molecule has 0 saturated carbocycles. The summed E-state index contributed by atoms with van der Waals surface area (Å²) in [4.78, 5) is 7.11. The lowest BCUT2D eigenvalue weighted by Crippen LogP contribution is -2.38. The maximum atomic E-state index is 4.52. The van der Waals surface area contributed by atoms with Crippen molar-refractivity contribution < 1.29 is 0 Å². The first-order valence-electron chi connectivity index (χ1n) is 7.10. The summed E-state index contributed by atoms with van der Waals surface area (Å²) in [6, 6.07) is 4.33. The van der Waals surface area contributed by atoms with Crippen LogP contribution >= 0.6 is 0 Å². The van der Waals surface area contributed by atoms with Crippen molar-refractivity contribution in [2.75, 3.05) is 26.2 Å². The van der Waals surface area contributed by atoms with E-state index >= 15 is 0 Å². The van der Waals surface area contributed by atoms with E-state index in [0.29, 0.717) is 5.41 Å². The van der Waals surface area contributed by atoms with Crippen molar-refractivity contribution in [3.63, 3.8) is 0 Å². The molecule has 2 aliphatic heterocycles. The monoisotopic (exact) mass is 245 g/mol. The normalized spacial score (nSPS) is 23.6. The standard InChI is InChI=1S/C15H23N3/c1-13-2-3-14(17-10-13)11-18-9-6-15(12-18)4-7-16-8-5-15/h2-3,10,16H,4-9,11-12H2,1H3. The van der Waals surface area contributed by atoms with Crippen LogP contribution in [0.5, 0.6) is 0 Å². The van der Waals surface area contributed by atoms with Gasteiger partial charge >= 0.3 is 0 Å². The molecule has 2 saturated heterocycles. The first-order chi connectivity index (χ1) is 8.76. The zero-order valence-electron chi connectivity index (χ0n) is 11.3. The van der Waals surface area contributed by atoms with Crippen LogP contribution in [-0.4, -0.2) is 36.1 Å². The van der Waals surface area contributed by atoms with E-state index in [1.54, 1.807) is 0 Å². The molecule has 18 heavy (non-hydrogen) atoms. The molecule has 3 nitrogen and oxygen atoms in total. The number of nitrogens with one attached hydrogen (secondary N) is 1. The molecule has 1 aromatic heterocycles. The predicted octanol–water partition coefficient (Wildman–Crippen LogP) is 1.97. The minimum atomic E-state index is 0.607. The van der Waals surface area contributed by atoms with Gasteiger partial charge in [0.2, 0.25) is 0 Å². The third kappa shape index (κ3) is 2.57. The number of rotatable bonds is 2. The van der Waals surface area contributed by atoms with Gasteiger partial charge in [-0.25, -0.2) is 0 Å². The highest BCUT2D eigenvalue weighted by Gasteiger charge is 2.38. The first-order valence-corrected chi connectivity index (χ1v) is 7.10. The molecule has 1 spiro atoms. The van der Waals surface area contributed by atoms with Crippen LogP contribution in [0.15, 0.2) is 18.3 Å². The molecule has 0 atom stereocenters. The molecule has 0 amide bonds. The van der Waals surface area contributed by atoms with E-state index in [9.17, 15) is 0 Å². The molecule has 0 aromatic carbocycles. The van der Waals surface area contributed by atoms with Gasteiger partial charge in [0.15, 0.2) is 0 Å². The van der Waals surface area contributed by atoms with Gasteiger partial charge in [0, 0.05) is 19.3 Å². The molecule has 3 heterocycles. The summed E-state index contributed by atoms with van der Waals surface area (Å²) in [5.41, 5.74) is 3.07. The van der Waals surface area contributed by atoms with Crippen molar-refractivity contribution in [3.05, 3.63) is 29.6 Å². The second-order valence-electron chi connectivity index (χ2n) is 6.04. The van der Waals surface area contributed by atoms with Crippen LogP contribution < -0.4 is 5.32 Å². The molecule has 0 radical (unpaired) electrons. The van der Waals surface area contributed by atoms with E-state index in [1.807, 2.05) is 6.20 Å². The number of nitrogens with zero attached hydrogens (tertiary/aromatic N) is 2. The van der Waals surface area contributed by atoms with E-state index in [-0.39, 0.29) is 0 Å². The minimum absolute atomic E-state index is 0.607. The summed E-state index contributed by atoms with van der Waals surface area (Å²) >= 11 is 0. The largest absolute Gasteiger partial charge is 0.317 e. The van der Waals surface area contributed by atoms with Crippen LogP contribution in [0.1, 0.15) is 30.5 Å². The molecule has 1 aromatic rings. The Bertz CT molecular complexity index is 393. The minimum Gasteiger partial charge on any atom is -0.317 e. The van der Waals surface area contributed by atoms with E-state index in [0.717, 1.165) is 6.54 Å². The van der Waals surface area contributed by atoms with E-state index < -0.39 is 0 Å². The second kappa shape index (κ2) is 4.98. The van der Waals surface area contributed by atoms with Crippen LogP contribution in [0.3, 0.4) is 0 Å². The maximum absolute atomic E-state index is 4.52. The average Bonchev–Trinajstić information content (AvgIpc) is 2.76. The SMILES string of the molecule is Cc1ccc(CN2CCC3(CCNCC3)C2)nc1. The van der Waals surface area contributed by atoms with Gasteiger partial charge < -0.3 is 5.32 Å². The van der Waals surface area contributed by atoms with Crippen LogP contribution in [-0.2, 0) is 6.54 Å². The van der Waals surface area contributed by atoms with Gasteiger partial charge in [-0.2, -0.15) is 0 Å². The molecule has 1 N–H and O–H groups in total. The zero-order chi connectivity index (χ0) is 12.4. The summed E-state index contributed by atoms with van der Waals surface area (Å²) in [5, 5.41) is 3.48. The Hall–Kier alpha value is -0.930. The lowest BCUT2D eigenvalue weighted by molar-refractivity contribution is 0.193. The van der Waals surface area contributed by atoms with Gasteiger partial charge in [-0.05, 0) is 62.9 Å². The van der Waals surface area contributed by atoms with Crippen molar-refractivity contribution in [3.8, 4) is 0 Å². The molecule has 2 fully saturated rings. The van der Waals surface area contributed by atoms with Gasteiger partial charge in [-0.15, -0.1) is 0 Å². The number of likely N-dealkylation sites (tertiary alicyclic amines) is 1. The number of hydrogen-bond donors (Lipinski definition) is 1. The van der Waals surface area contributed by atoms with Crippen molar-refractivity contribution >= 4 is 0 Å². The Kier molecular flexibility index (Phi) is 3.35. The van der Waals surface area contributed by atoms with Gasteiger partial charge in [-0.1, -0.05) is 6.07 Å². The molecule has 98 valence electrons. The summed E-state index contributed by atoms with van der Waals surface area (Å²) in [6.07, 6.45) is 6.06. The highest BCUT2D eigenvalue weighted by molar-refractivity contribution is 5.12. The Balaban J connectivity index is 1.60. The van der Waals surface area contributed by atoms with Gasteiger partial charge in [0.25, 0.3) is 0 Å². The smallest absolute Gasteiger partial charge is 0.0544 e. The van der Waals surface area contributed by atoms with Gasteiger partial charge in [0.1, 0.15) is 0 Å². The van der Waals surface area contributed by atoms with Crippen LogP contribution in [0.25, 0.3) is 0 Å². The molecular formula is C15H23N3. The maximum Gasteiger partial charge on any atom is 0.0544 e. The van der Waals surface area contributed by atoms with E-state index in [4.69, 9.17) is 0 Å². The number of aromatic nitrogens is 1. The van der Waals surface area contributed by atoms with Crippen molar-refractivity contribution in [1.82, 2.24) is 15.2 Å². The van der Waals surface area contributed by atoms with Gasteiger partial charge in [-0.3, -0.25) is 9.88 Å². The zero-order valence-corrected chi connectivity index (χ0v) is 11.3. The Labute approximate surface area is 110 Å². The summed E-state index contributed by atoms with van der Waals surface area (Å²) in [6.45, 7) is 8.04. The number of piperidine rings is 1. The summed E-state index contributed by atoms with van der Waals surface area (Å²) in [5.74, 6) is 0. The fourth-order valence-electron chi connectivity index (χ4n) is 3.35. The van der Waals surface area contributed by atoms with Crippen LogP contribution in [0.2, 0.25) is 0 Å². The van der Waals surface area contributed by atoms with E-state index in [2.05, 4.69) is 34.3 Å². The fourth-order valence-corrected chi connectivity index (χ4v) is 3.35. The molecule has 3 heteroatoms. The molecule has 3 rings (SSSR count). The highest BCUT2D eigenvalue weighted by atomic mass is 15.2. The number of pyridine rings is 1. The number of aryl methyl sites for hydroxylation is 1. The number of hydrogen-bond acceptors (Lipinski definition) is 3. The Morgan fingerprint density at radius 1 is 1.28 bits per heavy atom. The topological polar surface area (TPSA) is 28.2 Å². The quantitative estimate of drug-likeness (QED) is 0.863. The lowest BCUT2D eigenvalue weighted by atomic mass is 9.78. The van der Waals surface area contributed by atoms with Gasteiger partial charge in [0.05, 0.1) is 5.69 Å². The molecule has 0 bridgehead atoms. The molecule has 0 aliphatic carbocycles. The second-order valence-corrected chi connectivity index (χ2v) is 6.04. The third-order valence-corrected chi connectivity index (χ3v) is 4.54. The third-order valence-electron chi connectivity index (χ3n) is 4.54. The Morgan fingerprint density at radius 3 is 2.83 bits per heavy atom. The molecule has 2 aliphatic rings. The molecular weight excluding hydrogens is 222 g/mol. The summed E-state index contributed by atoms with van der Waals surface area (Å²) in [7, 11) is 0. The summed E-state index contributed by atoms with van der Waals surface area (Å²) < 4.78 is 0. The average molecular weight is 245 g/mol. The fraction of sp³-hybridized carbons (Fsp3) is 0.667. The highest BCUT2D eigenvalue weighted by Crippen LogP contribution is 2.38. The van der Waals surface area contributed by atoms with Crippen molar-refractivity contribution in [2.24, 2.45) is 5.41 Å². The van der Waals surface area contributed by atoms with Crippen molar-refractivity contribution in [1.29, 1.82) is 0 Å². The van der Waals surface area contributed by atoms with Crippen molar-refractivity contribution in [2.45, 2.75) is 32.7 Å². The van der Waals surface area contributed by atoms with Crippen LogP contribution in [0, 0.1) is 12.3 Å². The molecule has 0 unspecified atom stereocenters. The van der Waals surface area contributed by atoms with E-state index in [1.165, 1.54) is 56.7 Å². The van der Waals surface area contributed by atoms with Crippen LogP contribution in [0.4, 0.5) is 0 Å².